The number of fused-ring (bicyclic) bond motifs is 1. The lowest BCUT2D eigenvalue weighted by Crippen LogP contribution is -2.05. The van der Waals surface area contributed by atoms with Crippen LogP contribution in [0.15, 0.2) is 62.2 Å². The van der Waals surface area contributed by atoms with Crippen LogP contribution in [0.2, 0.25) is 0 Å². The second-order valence-electron chi connectivity index (χ2n) is 5.92. The molecule has 5 nitrogen and oxygen atoms in total. The summed E-state index contributed by atoms with van der Waals surface area (Å²) in [6.45, 7) is 1.89. The van der Waals surface area contributed by atoms with Crippen molar-refractivity contribution in [1.82, 2.24) is 0 Å². The second kappa shape index (κ2) is 8.22. The van der Waals surface area contributed by atoms with E-state index in [4.69, 9.17) is 13.9 Å². The van der Waals surface area contributed by atoms with Crippen LogP contribution in [0.3, 0.4) is 0 Å². The molecule has 138 valence electrons. The van der Waals surface area contributed by atoms with E-state index in [1.54, 1.807) is 25.3 Å². The Hall–Kier alpha value is -2.86. The molecular weight excluding hydrogens is 412 g/mol. The second-order valence-corrected chi connectivity index (χ2v) is 6.83. The van der Waals surface area contributed by atoms with Gasteiger partial charge in [0.1, 0.15) is 17.9 Å². The zero-order valence-corrected chi connectivity index (χ0v) is 16.4. The van der Waals surface area contributed by atoms with Crippen molar-refractivity contribution in [3.8, 4) is 5.75 Å². The van der Waals surface area contributed by atoms with Crippen LogP contribution in [-0.4, -0.2) is 13.1 Å². The minimum Gasteiger partial charge on any atom is -0.496 e. The summed E-state index contributed by atoms with van der Waals surface area (Å²) in [4.78, 5) is 23.8. The molecule has 2 aromatic carbocycles. The minimum absolute atomic E-state index is 0.0239. The van der Waals surface area contributed by atoms with Crippen molar-refractivity contribution in [3.63, 3.8) is 0 Å². The van der Waals surface area contributed by atoms with Gasteiger partial charge in [0.15, 0.2) is 0 Å². The van der Waals surface area contributed by atoms with Crippen molar-refractivity contribution in [1.29, 1.82) is 0 Å². The van der Waals surface area contributed by atoms with Gasteiger partial charge in [0.25, 0.3) is 0 Å². The Morgan fingerprint density at radius 2 is 2.00 bits per heavy atom. The molecule has 3 rings (SSSR count). The Labute approximate surface area is 164 Å². The van der Waals surface area contributed by atoms with Gasteiger partial charge in [-0.05, 0) is 42.8 Å². The Morgan fingerprint density at radius 3 is 2.78 bits per heavy atom. The zero-order valence-electron chi connectivity index (χ0n) is 14.8. The largest absolute Gasteiger partial charge is 0.496 e. The van der Waals surface area contributed by atoms with E-state index in [1.165, 1.54) is 12.1 Å². The summed E-state index contributed by atoms with van der Waals surface area (Å²) < 4.78 is 16.6. The number of ether oxygens (including phenoxy) is 2. The Bertz CT molecular complexity index is 1080. The van der Waals surface area contributed by atoms with Crippen LogP contribution in [0, 0.1) is 6.92 Å². The lowest BCUT2D eigenvalue weighted by molar-refractivity contribution is -0.138. The molecular formula is C21H17BrO5. The van der Waals surface area contributed by atoms with Crippen LogP contribution in [0.4, 0.5) is 0 Å². The van der Waals surface area contributed by atoms with E-state index < -0.39 is 11.6 Å². The van der Waals surface area contributed by atoms with Gasteiger partial charge in [-0.2, -0.15) is 0 Å². The van der Waals surface area contributed by atoms with Crippen molar-refractivity contribution in [2.75, 3.05) is 7.11 Å². The lowest BCUT2D eigenvalue weighted by atomic mass is 10.1. The number of halogens is 1. The van der Waals surface area contributed by atoms with Gasteiger partial charge in [-0.25, -0.2) is 9.59 Å². The first kappa shape index (κ1) is 18.9. The fraction of sp³-hybridized carbons (Fsp3) is 0.143. The van der Waals surface area contributed by atoms with Gasteiger partial charge in [-0.15, -0.1) is 0 Å². The molecule has 27 heavy (non-hydrogen) atoms. The molecule has 0 aliphatic rings. The van der Waals surface area contributed by atoms with Crippen molar-refractivity contribution in [2.24, 2.45) is 0 Å². The molecule has 0 amide bonds. The summed E-state index contributed by atoms with van der Waals surface area (Å²) in [5.74, 6) is 0.120. The van der Waals surface area contributed by atoms with Gasteiger partial charge in [-0.3, -0.25) is 0 Å². The molecule has 3 aromatic rings. The summed E-state index contributed by atoms with van der Waals surface area (Å²) in [7, 11) is 1.56. The smallest absolute Gasteiger partial charge is 0.336 e. The van der Waals surface area contributed by atoms with E-state index in [0.717, 1.165) is 21.0 Å². The predicted molar refractivity (Wildman–Crippen MR) is 107 cm³/mol. The fourth-order valence-corrected chi connectivity index (χ4v) is 3.03. The van der Waals surface area contributed by atoms with Crippen LogP contribution in [0.25, 0.3) is 17.0 Å². The topological polar surface area (TPSA) is 65.7 Å². The molecule has 0 bridgehead atoms. The Balaban J connectivity index is 1.76. The molecule has 0 aliphatic heterocycles. The van der Waals surface area contributed by atoms with Crippen LogP contribution in [-0.2, 0) is 16.1 Å². The van der Waals surface area contributed by atoms with Crippen LogP contribution >= 0.6 is 15.9 Å². The Morgan fingerprint density at radius 1 is 1.19 bits per heavy atom. The van der Waals surface area contributed by atoms with Gasteiger partial charge in [-0.1, -0.05) is 28.1 Å². The van der Waals surface area contributed by atoms with E-state index in [1.807, 2.05) is 31.2 Å². The number of carbonyl (C=O) groups is 1. The molecule has 1 heterocycles. The van der Waals surface area contributed by atoms with Crippen molar-refractivity contribution < 1.29 is 18.7 Å². The third-order valence-electron chi connectivity index (χ3n) is 3.95. The Kier molecular flexibility index (Phi) is 5.76. The maximum Gasteiger partial charge on any atom is 0.336 e. The van der Waals surface area contributed by atoms with Crippen LogP contribution in [0.5, 0.6) is 5.75 Å². The molecule has 0 saturated carbocycles. The monoisotopic (exact) mass is 428 g/mol. The molecule has 0 fully saturated rings. The number of carbonyl (C=O) groups excluding carboxylic acids is 1. The van der Waals surface area contributed by atoms with Gasteiger partial charge in [0.2, 0.25) is 0 Å². The van der Waals surface area contributed by atoms with Crippen molar-refractivity contribution >= 4 is 38.9 Å². The SMILES string of the molecule is COc1ccc(Br)cc1/C=C/C(=O)OCc1cc(=O)oc2cc(C)ccc12. The van der Waals surface area contributed by atoms with Crippen molar-refractivity contribution in [3.05, 3.63) is 80.1 Å². The molecule has 6 heteroatoms. The molecule has 0 aliphatic carbocycles. The highest BCUT2D eigenvalue weighted by atomic mass is 79.9. The zero-order chi connectivity index (χ0) is 19.4. The van der Waals surface area contributed by atoms with Crippen LogP contribution < -0.4 is 10.4 Å². The fourth-order valence-electron chi connectivity index (χ4n) is 2.65. The van der Waals surface area contributed by atoms with Crippen LogP contribution in [0.1, 0.15) is 16.7 Å². The highest BCUT2D eigenvalue weighted by Gasteiger charge is 2.08. The molecule has 0 saturated heterocycles. The molecule has 0 atom stereocenters. The standard InChI is InChI=1S/C21H17BrO5/c1-13-3-6-17-15(11-21(24)27-19(17)9-13)12-26-20(23)8-4-14-10-16(22)5-7-18(14)25-2/h3-11H,12H2,1-2H3/b8-4+. The van der Waals surface area contributed by atoms with Gasteiger partial charge < -0.3 is 13.9 Å². The first-order chi connectivity index (χ1) is 13.0. The van der Waals surface area contributed by atoms with Gasteiger partial charge in [0, 0.05) is 33.1 Å². The normalized spacial score (nSPS) is 11.1. The first-order valence-corrected chi connectivity index (χ1v) is 8.97. The average molecular weight is 429 g/mol. The third kappa shape index (κ3) is 4.65. The number of esters is 1. The van der Waals surface area contributed by atoms with E-state index in [-0.39, 0.29) is 6.61 Å². The summed E-state index contributed by atoms with van der Waals surface area (Å²) in [5.41, 5.74) is 2.32. The maximum atomic E-state index is 12.1. The van der Waals surface area contributed by atoms with Crippen molar-refractivity contribution in [2.45, 2.75) is 13.5 Å². The molecule has 0 spiro atoms. The van der Waals surface area contributed by atoms with E-state index in [9.17, 15) is 9.59 Å². The number of aryl methyl sites for hydroxylation is 1. The number of benzene rings is 2. The van der Waals surface area contributed by atoms with Gasteiger partial charge >= 0.3 is 11.6 Å². The number of hydrogen-bond donors (Lipinski definition) is 0. The maximum absolute atomic E-state index is 12.1. The average Bonchev–Trinajstić information content (AvgIpc) is 2.64. The highest BCUT2D eigenvalue weighted by molar-refractivity contribution is 9.10. The van der Waals surface area contributed by atoms with E-state index >= 15 is 0 Å². The first-order valence-electron chi connectivity index (χ1n) is 8.18. The molecule has 0 N–H and O–H groups in total. The summed E-state index contributed by atoms with van der Waals surface area (Å²) in [6, 6.07) is 12.4. The minimum atomic E-state index is -0.523. The third-order valence-corrected chi connectivity index (χ3v) is 4.44. The summed E-state index contributed by atoms with van der Waals surface area (Å²) in [5, 5.41) is 0.741. The highest BCUT2D eigenvalue weighted by Crippen LogP contribution is 2.24. The molecule has 0 unspecified atom stereocenters. The molecule has 0 radical (unpaired) electrons. The van der Waals surface area contributed by atoms with Gasteiger partial charge in [0.05, 0.1) is 7.11 Å². The molecule has 1 aromatic heterocycles. The summed E-state index contributed by atoms with van der Waals surface area (Å²) in [6.07, 6.45) is 2.94. The van der Waals surface area contributed by atoms with E-state index in [2.05, 4.69) is 15.9 Å². The predicted octanol–water partition coefficient (Wildman–Crippen LogP) is 4.63. The lowest BCUT2D eigenvalue weighted by Gasteiger charge is -2.07. The quantitative estimate of drug-likeness (QED) is 0.336. The van der Waals surface area contributed by atoms with E-state index in [0.29, 0.717) is 16.9 Å². The number of rotatable bonds is 5. The number of hydrogen-bond acceptors (Lipinski definition) is 5. The number of methoxy groups -OCH3 is 1. The summed E-state index contributed by atoms with van der Waals surface area (Å²) >= 11 is 3.38.